The number of aliphatic hydroxyl groups is 1. The van der Waals surface area contributed by atoms with Crippen molar-refractivity contribution in [1.29, 1.82) is 0 Å². The largest absolute Gasteiger partial charge is 0.396 e. The summed E-state index contributed by atoms with van der Waals surface area (Å²) in [5, 5.41) is 9.00. The first-order chi connectivity index (χ1) is 7.67. The molecule has 1 saturated heterocycles. The number of amides is 1. The van der Waals surface area contributed by atoms with Crippen molar-refractivity contribution in [2.75, 3.05) is 26.3 Å². The summed E-state index contributed by atoms with van der Waals surface area (Å²) in [5.41, 5.74) is 0. The third kappa shape index (κ3) is 4.10. The van der Waals surface area contributed by atoms with Crippen LogP contribution < -0.4 is 0 Å². The Labute approximate surface area is 97.6 Å². The van der Waals surface area contributed by atoms with Gasteiger partial charge in [-0.2, -0.15) is 0 Å². The van der Waals surface area contributed by atoms with Gasteiger partial charge in [-0.05, 0) is 32.1 Å². The Morgan fingerprint density at radius 2 is 2.12 bits per heavy atom. The highest BCUT2D eigenvalue weighted by Gasteiger charge is 2.22. The fourth-order valence-electron chi connectivity index (χ4n) is 1.79. The van der Waals surface area contributed by atoms with E-state index in [1.807, 2.05) is 18.7 Å². The summed E-state index contributed by atoms with van der Waals surface area (Å²) >= 11 is 0. The Hall–Kier alpha value is -0.610. The second kappa shape index (κ2) is 6.86. The van der Waals surface area contributed by atoms with Gasteiger partial charge in [0.1, 0.15) is 6.61 Å². The van der Waals surface area contributed by atoms with E-state index in [-0.39, 0.29) is 25.2 Å². The molecule has 1 aliphatic rings. The average Bonchev–Trinajstić information content (AvgIpc) is 2.35. The molecule has 0 aliphatic carbocycles. The molecule has 1 atom stereocenters. The monoisotopic (exact) mass is 229 g/mol. The van der Waals surface area contributed by atoms with Crippen LogP contribution in [0.15, 0.2) is 0 Å². The van der Waals surface area contributed by atoms with Crippen LogP contribution in [0.25, 0.3) is 0 Å². The van der Waals surface area contributed by atoms with E-state index in [1.54, 1.807) is 0 Å². The molecular formula is C12H23NO3. The Morgan fingerprint density at radius 1 is 1.50 bits per heavy atom. The van der Waals surface area contributed by atoms with Crippen LogP contribution in [-0.2, 0) is 9.53 Å². The topological polar surface area (TPSA) is 49.8 Å². The van der Waals surface area contributed by atoms with Crippen molar-refractivity contribution in [3.05, 3.63) is 0 Å². The summed E-state index contributed by atoms with van der Waals surface area (Å²) in [5.74, 6) is 0.455. The van der Waals surface area contributed by atoms with Crippen LogP contribution in [0.1, 0.15) is 33.1 Å². The summed E-state index contributed by atoms with van der Waals surface area (Å²) < 4.78 is 5.42. The Bertz CT molecular complexity index is 212. The van der Waals surface area contributed by atoms with E-state index >= 15 is 0 Å². The van der Waals surface area contributed by atoms with Crippen molar-refractivity contribution in [3.63, 3.8) is 0 Å². The van der Waals surface area contributed by atoms with E-state index in [0.717, 1.165) is 32.4 Å². The molecule has 1 heterocycles. The van der Waals surface area contributed by atoms with E-state index in [4.69, 9.17) is 9.84 Å². The lowest BCUT2D eigenvalue weighted by Gasteiger charge is -2.31. The Kier molecular flexibility index (Phi) is 5.77. The first kappa shape index (κ1) is 13.5. The second-order valence-corrected chi connectivity index (χ2v) is 4.54. The number of aliphatic hydroxyl groups excluding tert-OH is 1. The van der Waals surface area contributed by atoms with Crippen molar-refractivity contribution >= 4 is 5.91 Å². The van der Waals surface area contributed by atoms with Gasteiger partial charge >= 0.3 is 0 Å². The Balaban J connectivity index is 2.22. The molecular weight excluding hydrogens is 206 g/mol. The molecule has 0 radical (unpaired) electrons. The quantitative estimate of drug-likeness (QED) is 0.766. The van der Waals surface area contributed by atoms with Gasteiger partial charge in [0.05, 0.1) is 6.10 Å². The molecule has 16 heavy (non-hydrogen) atoms. The summed E-state index contributed by atoms with van der Waals surface area (Å²) in [4.78, 5) is 13.6. The highest BCUT2D eigenvalue weighted by molar-refractivity contribution is 5.77. The number of carbonyl (C=O) groups is 1. The zero-order chi connectivity index (χ0) is 12.0. The SMILES string of the molecule is CCC(C)OCC(=O)N1CCC(CO)CC1. The van der Waals surface area contributed by atoms with Gasteiger partial charge in [-0.1, -0.05) is 6.92 Å². The van der Waals surface area contributed by atoms with Gasteiger partial charge in [-0.25, -0.2) is 0 Å². The molecule has 1 N–H and O–H groups in total. The lowest BCUT2D eigenvalue weighted by molar-refractivity contribution is -0.139. The van der Waals surface area contributed by atoms with Crippen molar-refractivity contribution in [1.82, 2.24) is 4.90 Å². The predicted octanol–water partition coefficient (Wildman–Crippen LogP) is 1.03. The molecule has 1 aliphatic heterocycles. The predicted molar refractivity (Wildman–Crippen MR) is 62.1 cm³/mol. The summed E-state index contributed by atoms with van der Waals surface area (Å²) in [6.07, 6.45) is 2.90. The van der Waals surface area contributed by atoms with E-state index in [9.17, 15) is 4.79 Å². The summed E-state index contributed by atoms with van der Waals surface area (Å²) in [7, 11) is 0. The van der Waals surface area contributed by atoms with Gasteiger partial charge in [0, 0.05) is 19.7 Å². The van der Waals surface area contributed by atoms with Crippen molar-refractivity contribution in [2.45, 2.75) is 39.2 Å². The molecule has 1 amide bonds. The molecule has 4 nitrogen and oxygen atoms in total. The number of piperidine rings is 1. The molecule has 0 bridgehead atoms. The first-order valence-corrected chi connectivity index (χ1v) is 6.17. The van der Waals surface area contributed by atoms with E-state index < -0.39 is 0 Å². The van der Waals surface area contributed by atoms with Crippen LogP contribution in [0.4, 0.5) is 0 Å². The van der Waals surface area contributed by atoms with Gasteiger partial charge in [0.25, 0.3) is 0 Å². The maximum Gasteiger partial charge on any atom is 0.248 e. The molecule has 0 aromatic heterocycles. The number of likely N-dealkylation sites (tertiary alicyclic amines) is 1. The zero-order valence-electron chi connectivity index (χ0n) is 10.3. The fraction of sp³-hybridized carbons (Fsp3) is 0.917. The summed E-state index contributed by atoms with van der Waals surface area (Å²) in [6, 6.07) is 0. The molecule has 0 aromatic rings. The van der Waals surface area contributed by atoms with E-state index in [2.05, 4.69) is 0 Å². The maximum atomic E-state index is 11.8. The van der Waals surface area contributed by atoms with Gasteiger partial charge < -0.3 is 14.7 Å². The second-order valence-electron chi connectivity index (χ2n) is 4.54. The van der Waals surface area contributed by atoms with Crippen LogP contribution in [-0.4, -0.2) is 48.3 Å². The molecule has 4 heteroatoms. The number of nitrogens with zero attached hydrogens (tertiary/aromatic N) is 1. The molecule has 94 valence electrons. The van der Waals surface area contributed by atoms with E-state index in [1.165, 1.54) is 0 Å². The molecule has 1 fully saturated rings. The number of hydrogen-bond donors (Lipinski definition) is 1. The van der Waals surface area contributed by atoms with Crippen LogP contribution in [0.2, 0.25) is 0 Å². The lowest BCUT2D eigenvalue weighted by atomic mass is 9.98. The highest BCUT2D eigenvalue weighted by atomic mass is 16.5. The molecule has 1 rings (SSSR count). The van der Waals surface area contributed by atoms with Crippen molar-refractivity contribution < 1.29 is 14.6 Å². The normalized spacial score (nSPS) is 19.8. The minimum absolute atomic E-state index is 0.0803. The number of hydrogen-bond acceptors (Lipinski definition) is 3. The van der Waals surface area contributed by atoms with Gasteiger partial charge in [-0.3, -0.25) is 4.79 Å². The molecule has 0 saturated carbocycles. The number of ether oxygens (including phenoxy) is 1. The van der Waals surface area contributed by atoms with E-state index in [0.29, 0.717) is 5.92 Å². The van der Waals surface area contributed by atoms with Crippen molar-refractivity contribution in [3.8, 4) is 0 Å². The Morgan fingerprint density at radius 3 is 2.62 bits per heavy atom. The lowest BCUT2D eigenvalue weighted by Crippen LogP contribution is -2.41. The van der Waals surface area contributed by atoms with Gasteiger partial charge in [0.2, 0.25) is 5.91 Å². The van der Waals surface area contributed by atoms with Crippen LogP contribution in [0.3, 0.4) is 0 Å². The van der Waals surface area contributed by atoms with Crippen LogP contribution in [0, 0.1) is 5.92 Å². The standard InChI is InChI=1S/C12H23NO3/c1-3-10(2)16-9-12(15)13-6-4-11(8-14)5-7-13/h10-11,14H,3-9H2,1-2H3. The zero-order valence-corrected chi connectivity index (χ0v) is 10.3. The number of carbonyl (C=O) groups excluding carboxylic acids is 1. The van der Waals surface area contributed by atoms with Crippen LogP contribution >= 0.6 is 0 Å². The minimum Gasteiger partial charge on any atom is -0.396 e. The number of rotatable bonds is 5. The van der Waals surface area contributed by atoms with Gasteiger partial charge in [-0.15, -0.1) is 0 Å². The first-order valence-electron chi connectivity index (χ1n) is 6.17. The fourth-order valence-corrected chi connectivity index (χ4v) is 1.79. The molecule has 0 aromatic carbocycles. The molecule has 1 unspecified atom stereocenters. The molecule has 0 spiro atoms. The third-order valence-corrected chi connectivity index (χ3v) is 3.29. The van der Waals surface area contributed by atoms with Gasteiger partial charge in [0.15, 0.2) is 0 Å². The highest BCUT2D eigenvalue weighted by Crippen LogP contribution is 2.16. The van der Waals surface area contributed by atoms with Crippen molar-refractivity contribution in [2.24, 2.45) is 5.92 Å². The van der Waals surface area contributed by atoms with Crippen LogP contribution in [0.5, 0.6) is 0 Å². The summed E-state index contributed by atoms with van der Waals surface area (Å²) in [6.45, 7) is 5.97. The third-order valence-electron chi connectivity index (χ3n) is 3.29. The maximum absolute atomic E-state index is 11.8. The average molecular weight is 229 g/mol. The minimum atomic E-state index is 0.0803. The smallest absolute Gasteiger partial charge is 0.248 e.